The van der Waals surface area contributed by atoms with Crippen LogP contribution < -0.4 is 4.90 Å². The summed E-state index contributed by atoms with van der Waals surface area (Å²) >= 11 is 0. The largest absolute Gasteiger partial charge is 0.396 e. The van der Waals surface area contributed by atoms with E-state index in [1.54, 1.807) is 6.33 Å². The molecule has 7 heteroatoms. The lowest BCUT2D eigenvalue weighted by molar-refractivity contribution is 0.203. The summed E-state index contributed by atoms with van der Waals surface area (Å²) in [6.07, 6.45) is 12.2. The number of aromatic nitrogens is 5. The third-order valence-corrected chi connectivity index (χ3v) is 7.43. The SMILES string of the molecule is OCC1CCN(c2cc(-c3ccc4c(c3)ncn4C3CCCCC3)c3[nH]cnc3n2)CC1. The first-order valence-corrected chi connectivity index (χ1v) is 12.0. The van der Waals surface area contributed by atoms with Crippen molar-refractivity contribution in [3.8, 4) is 11.1 Å². The van der Waals surface area contributed by atoms with Crippen LogP contribution >= 0.6 is 0 Å². The van der Waals surface area contributed by atoms with E-state index >= 15 is 0 Å². The van der Waals surface area contributed by atoms with Gasteiger partial charge in [0.2, 0.25) is 0 Å². The van der Waals surface area contributed by atoms with Crippen molar-refractivity contribution in [3.05, 3.63) is 36.9 Å². The second-order valence-electron chi connectivity index (χ2n) is 9.39. The molecule has 1 aromatic carbocycles. The number of benzene rings is 1. The number of imidazole rings is 2. The Balaban J connectivity index is 1.37. The van der Waals surface area contributed by atoms with Crippen LogP contribution in [0, 0.1) is 5.92 Å². The molecule has 2 N–H and O–H groups in total. The van der Waals surface area contributed by atoms with Crippen LogP contribution in [0.4, 0.5) is 5.82 Å². The minimum atomic E-state index is 0.276. The van der Waals surface area contributed by atoms with E-state index in [0.717, 1.165) is 59.6 Å². The van der Waals surface area contributed by atoms with Crippen LogP contribution in [-0.4, -0.2) is 49.3 Å². The molecule has 166 valence electrons. The molecule has 3 aromatic heterocycles. The van der Waals surface area contributed by atoms with Crippen LogP contribution in [0.15, 0.2) is 36.9 Å². The number of nitrogens with one attached hydrogen (secondary N) is 1. The van der Waals surface area contributed by atoms with Crippen LogP contribution in [-0.2, 0) is 0 Å². The number of hydrogen-bond acceptors (Lipinski definition) is 5. The summed E-state index contributed by atoms with van der Waals surface area (Å²) in [5, 5.41) is 9.47. The summed E-state index contributed by atoms with van der Waals surface area (Å²) in [5.41, 5.74) is 6.22. The van der Waals surface area contributed by atoms with Gasteiger partial charge < -0.3 is 19.6 Å². The summed E-state index contributed by atoms with van der Waals surface area (Å²) in [5.74, 6) is 1.37. The molecule has 0 unspecified atom stereocenters. The summed E-state index contributed by atoms with van der Waals surface area (Å²) < 4.78 is 2.38. The number of aliphatic hydroxyl groups excluding tert-OH is 1. The number of aromatic amines is 1. The van der Waals surface area contributed by atoms with Gasteiger partial charge in [0.15, 0.2) is 5.65 Å². The van der Waals surface area contributed by atoms with Gasteiger partial charge in [-0.1, -0.05) is 25.3 Å². The van der Waals surface area contributed by atoms with Crippen molar-refractivity contribution < 1.29 is 5.11 Å². The molecule has 0 bridgehead atoms. The lowest BCUT2D eigenvalue weighted by atomic mass is 9.95. The number of rotatable bonds is 4. The first kappa shape index (κ1) is 19.7. The number of aliphatic hydroxyl groups is 1. The van der Waals surface area contributed by atoms with Crippen molar-refractivity contribution in [1.82, 2.24) is 24.5 Å². The standard InChI is InChI=1S/C25H30N6O/c32-14-17-8-10-30(11-9-17)23-13-20(24-25(29-23)27-15-26-24)18-6-7-22-21(12-18)28-16-31(22)19-4-2-1-3-5-19/h6-7,12-13,15-17,19,32H,1-5,8-11,14H2,(H,26,27,29). The third-order valence-electron chi connectivity index (χ3n) is 7.43. The van der Waals surface area contributed by atoms with Crippen molar-refractivity contribution in [2.24, 2.45) is 5.92 Å². The van der Waals surface area contributed by atoms with Gasteiger partial charge in [-0.2, -0.15) is 0 Å². The molecule has 1 aliphatic heterocycles. The van der Waals surface area contributed by atoms with Crippen LogP contribution in [0.1, 0.15) is 51.0 Å². The fraction of sp³-hybridized carbons (Fsp3) is 0.480. The molecule has 32 heavy (non-hydrogen) atoms. The molecule has 7 nitrogen and oxygen atoms in total. The molecule has 2 fully saturated rings. The fourth-order valence-corrected chi connectivity index (χ4v) is 5.50. The molecule has 2 aliphatic rings. The molecule has 1 saturated heterocycles. The zero-order valence-corrected chi connectivity index (χ0v) is 18.4. The van der Waals surface area contributed by atoms with E-state index in [2.05, 4.69) is 43.7 Å². The molecule has 0 spiro atoms. The highest BCUT2D eigenvalue weighted by Crippen LogP contribution is 2.35. The minimum Gasteiger partial charge on any atom is -0.396 e. The van der Waals surface area contributed by atoms with E-state index in [0.29, 0.717) is 12.0 Å². The summed E-state index contributed by atoms with van der Waals surface area (Å²) in [4.78, 5) is 19.7. The monoisotopic (exact) mass is 430 g/mol. The van der Waals surface area contributed by atoms with Crippen molar-refractivity contribution in [1.29, 1.82) is 0 Å². The lowest BCUT2D eigenvalue weighted by Gasteiger charge is -2.32. The number of anilines is 1. The molecular formula is C25H30N6O. The van der Waals surface area contributed by atoms with Gasteiger partial charge in [-0.3, -0.25) is 0 Å². The average Bonchev–Trinajstić information content (AvgIpc) is 3.50. The summed E-state index contributed by atoms with van der Waals surface area (Å²) in [6, 6.07) is 9.39. The number of H-pyrrole nitrogens is 1. The van der Waals surface area contributed by atoms with Gasteiger partial charge in [0.05, 0.1) is 29.2 Å². The highest BCUT2D eigenvalue weighted by atomic mass is 16.3. The molecular weight excluding hydrogens is 400 g/mol. The zero-order chi connectivity index (χ0) is 21.5. The van der Waals surface area contributed by atoms with E-state index in [9.17, 15) is 5.11 Å². The van der Waals surface area contributed by atoms with Crippen molar-refractivity contribution >= 4 is 28.0 Å². The van der Waals surface area contributed by atoms with E-state index in [1.165, 1.54) is 37.6 Å². The Labute approximate surface area is 187 Å². The van der Waals surface area contributed by atoms with Crippen molar-refractivity contribution in [2.75, 3.05) is 24.6 Å². The van der Waals surface area contributed by atoms with Gasteiger partial charge in [-0.25, -0.2) is 15.0 Å². The number of piperidine rings is 1. The molecule has 6 rings (SSSR count). The second kappa shape index (κ2) is 8.20. The molecule has 4 aromatic rings. The molecule has 0 atom stereocenters. The van der Waals surface area contributed by atoms with Gasteiger partial charge in [0.1, 0.15) is 5.82 Å². The van der Waals surface area contributed by atoms with E-state index < -0.39 is 0 Å². The molecule has 0 radical (unpaired) electrons. The molecule has 0 amide bonds. The maximum absolute atomic E-state index is 9.47. The Morgan fingerprint density at radius 3 is 2.66 bits per heavy atom. The van der Waals surface area contributed by atoms with Crippen molar-refractivity contribution in [3.63, 3.8) is 0 Å². The quantitative estimate of drug-likeness (QED) is 0.491. The maximum Gasteiger partial charge on any atom is 0.180 e. The summed E-state index contributed by atoms with van der Waals surface area (Å²) in [7, 11) is 0. The predicted molar refractivity (Wildman–Crippen MR) is 127 cm³/mol. The van der Waals surface area contributed by atoms with Gasteiger partial charge in [-0.05, 0) is 55.4 Å². The first-order valence-electron chi connectivity index (χ1n) is 12.0. The number of nitrogens with zero attached hydrogens (tertiary/aromatic N) is 5. The van der Waals surface area contributed by atoms with Crippen LogP contribution in [0.5, 0.6) is 0 Å². The topological polar surface area (TPSA) is 82.9 Å². The van der Waals surface area contributed by atoms with E-state index in [-0.39, 0.29) is 6.61 Å². The summed E-state index contributed by atoms with van der Waals surface area (Å²) in [6.45, 7) is 2.11. The third kappa shape index (κ3) is 3.45. The zero-order valence-electron chi connectivity index (χ0n) is 18.4. The highest BCUT2D eigenvalue weighted by Gasteiger charge is 2.22. The van der Waals surface area contributed by atoms with E-state index in [1.807, 2.05) is 6.33 Å². The Kier molecular flexibility index (Phi) is 5.06. The maximum atomic E-state index is 9.47. The Hall–Kier alpha value is -2.93. The highest BCUT2D eigenvalue weighted by molar-refractivity contribution is 5.94. The Bertz CT molecular complexity index is 1230. The minimum absolute atomic E-state index is 0.276. The number of hydrogen-bond donors (Lipinski definition) is 2. The lowest BCUT2D eigenvalue weighted by Crippen LogP contribution is -2.35. The Morgan fingerprint density at radius 1 is 1.00 bits per heavy atom. The number of fused-ring (bicyclic) bond motifs is 2. The van der Waals surface area contributed by atoms with Crippen LogP contribution in [0.2, 0.25) is 0 Å². The Morgan fingerprint density at radius 2 is 1.84 bits per heavy atom. The van der Waals surface area contributed by atoms with Gasteiger partial charge in [0.25, 0.3) is 0 Å². The van der Waals surface area contributed by atoms with Gasteiger partial charge in [-0.15, -0.1) is 0 Å². The fourth-order valence-electron chi connectivity index (χ4n) is 5.50. The second-order valence-corrected chi connectivity index (χ2v) is 9.39. The van der Waals surface area contributed by atoms with Gasteiger partial charge >= 0.3 is 0 Å². The average molecular weight is 431 g/mol. The number of pyridine rings is 1. The normalized spacial score (nSPS) is 18.7. The van der Waals surface area contributed by atoms with E-state index in [4.69, 9.17) is 9.97 Å². The van der Waals surface area contributed by atoms with Crippen LogP contribution in [0.3, 0.4) is 0 Å². The van der Waals surface area contributed by atoms with Crippen molar-refractivity contribution in [2.45, 2.75) is 51.0 Å². The first-order chi connectivity index (χ1) is 15.8. The predicted octanol–water partition coefficient (Wildman–Crippen LogP) is 4.69. The molecule has 4 heterocycles. The van der Waals surface area contributed by atoms with Crippen LogP contribution in [0.25, 0.3) is 33.3 Å². The smallest absolute Gasteiger partial charge is 0.180 e. The van der Waals surface area contributed by atoms with Gasteiger partial charge in [0, 0.05) is 31.3 Å². The molecule has 1 saturated carbocycles. The molecule has 1 aliphatic carbocycles.